The van der Waals surface area contributed by atoms with Crippen molar-refractivity contribution in [3.63, 3.8) is 0 Å². The van der Waals surface area contributed by atoms with Crippen molar-refractivity contribution in [1.29, 1.82) is 0 Å². The third kappa shape index (κ3) is 9.63. The zero-order chi connectivity index (χ0) is 44.8. The Hall–Kier alpha value is -5.48. The number of carbonyl (C=O) groups excluding carboxylic acids is 1. The van der Waals surface area contributed by atoms with E-state index in [-0.39, 0.29) is 34.1 Å². The molecule has 1 atom stereocenters. The van der Waals surface area contributed by atoms with Crippen LogP contribution >= 0.6 is 11.6 Å². The lowest BCUT2D eigenvalue weighted by atomic mass is 9.72. The molecule has 5 aromatic rings. The highest BCUT2D eigenvalue weighted by molar-refractivity contribution is 7.90. The van der Waals surface area contributed by atoms with Crippen molar-refractivity contribution in [3.8, 4) is 17.2 Å². The highest BCUT2D eigenvalue weighted by Crippen LogP contribution is 2.44. The molecule has 1 amide bonds. The van der Waals surface area contributed by atoms with Crippen molar-refractivity contribution in [2.75, 3.05) is 63.9 Å². The number of anilines is 1. The first-order valence-electron chi connectivity index (χ1n) is 22.1. The predicted molar refractivity (Wildman–Crippen MR) is 248 cm³/mol. The molecule has 0 radical (unpaired) electrons. The number of benzene rings is 3. The van der Waals surface area contributed by atoms with Crippen molar-refractivity contribution in [2.24, 2.45) is 17.3 Å². The fourth-order valence-corrected chi connectivity index (χ4v) is 10.7. The largest absolute Gasteiger partial charge is 0.493 e. The zero-order valence-corrected chi connectivity index (χ0v) is 38.0. The lowest BCUT2D eigenvalue weighted by Crippen LogP contribution is -2.47. The van der Waals surface area contributed by atoms with E-state index in [0.717, 1.165) is 100 Å². The Morgan fingerprint density at radius 2 is 1.83 bits per heavy atom. The van der Waals surface area contributed by atoms with Gasteiger partial charge in [0.15, 0.2) is 0 Å². The molecule has 2 N–H and O–H groups in total. The molecule has 0 spiro atoms. The average molecular weight is 909 g/mol. The van der Waals surface area contributed by atoms with Gasteiger partial charge in [-0.2, -0.15) is 0 Å². The van der Waals surface area contributed by atoms with E-state index in [1.165, 1.54) is 29.0 Å². The number of ether oxygens (including phenoxy) is 2. The Labute approximate surface area is 378 Å². The number of nitro benzene ring substituents is 1. The predicted octanol–water partition coefficient (Wildman–Crippen LogP) is 8.71. The van der Waals surface area contributed by atoms with Gasteiger partial charge in [0.05, 0.1) is 33.7 Å². The Kier molecular flexibility index (Phi) is 12.2. The number of sulfonamides is 1. The number of aromatic nitrogens is 2. The number of nitro groups is 1. The quantitative estimate of drug-likeness (QED) is 0.0858. The van der Waals surface area contributed by atoms with Crippen molar-refractivity contribution in [1.82, 2.24) is 24.5 Å². The first-order chi connectivity index (χ1) is 30.7. The summed E-state index contributed by atoms with van der Waals surface area (Å²) in [4.78, 5) is 39.9. The molecule has 336 valence electrons. The summed E-state index contributed by atoms with van der Waals surface area (Å²) >= 11 is 6.25. The fourth-order valence-electron chi connectivity index (χ4n) is 9.59. The van der Waals surface area contributed by atoms with E-state index in [4.69, 9.17) is 21.1 Å². The number of hydrogen-bond donors (Lipinski definition) is 2. The molecule has 3 aliphatic heterocycles. The Morgan fingerprint density at radius 3 is 2.58 bits per heavy atom. The topological polar surface area (TPSA) is 163 Å². The van der Waals surface area contributed by atoms with Crippen LogP contribution in [-0.2, 0) is 16.4 Å². The minimum atomic E-state index is -4.61. The molecule has 3 aromatic carbocycles. The number of amides is 1. The third-order valence-corrected chi connectivity index (χ3v) is 14.8. The highest BCUT2D eigenvalue weighted by Gasteiger charge is 2.34. The number of allylic oxidation sites excluding steroid dienone is 1. The van der Waals surface area contributed by atoms with E-state index in [9.17, 15) is 23.3 Å². The van der Waals surface area contributed by atoms with Gasteiger partial charge in [-0.25, -0.2) is 18.1 Å². The maximum atomic E-state index is 14.1. The van der Waals surface area contributed by atoms with E-state index < -0.39 is 25.7 Å². The van der Waals surface area contributed by atoms with Crippen molar-refractivity contribution < 1.29 is 27.6 Å². The van der Waals surface area contributed by atoms with Gasteiger partial charge >= 0.3 is 0 Å². The smallest absolute Gasteiger partial charge is 0.277 e. The highest BCUT2D eigenvalue weighted by atomic mass is 35.5. The number of nitrogens with zero attached hydrogens (tertiary/aromatic N) is 5. The molecule has 2 saturated heterocycles. The number of aromatic amines is 1. The second-order valence-electron chi connectivity index (χ2n) is 18.7. The first-order valence-corrected chi connectivity index (χ1v) is 24.0. The number of likely N-dealkylation sites (tertiary alicyclic amines) is 1. The Morgan fingerprint density at radius 1 is 1.05 bits per heavy atom. The molecule has 0 bridgehead atoms. The van der Waals surface area contributed by atoms with Crippen molar-refractivity contribution in [2.45, 2.75) is 57.8 Å². The molecule has 0 unspecified atom stereocenters. The summed E-state index contributed by atoms with van der Waals surface area (Å²) in [6, 6.07) is 19.2. The van der Waals surface area contributed by atoms with Crippen LogP contribution in [0.3, 0.4) is 0 Å². The number of pyridine rings is 1. The van der Waals surface area contributed by atoms with Gasteiger partial charge in [0, 0.05) is 86.3 Å². The number of halogens is 1. The third-order valence-electron chi connectivity index (χ3n) is 13.2. The maximum absolute atomic E-state index is 14.1. The molecule has 1 aliphatic carbocycles. The summed E-state index contributed by atoms with van der Waals surface area (Å²) < 4.78 is 42.3. The van der Waals surface area contributed by atoms with Crippen LogP contribution in [0, 0.1) is 27.4 Å². The lowest BCUT2D eigenvalue weighted by Gasteiger charge is -2.39. The second kappa shape index (κ2) is 17.8. The zero-order valence-electron chi connectivity index (χ0n) is 36.4. The van der Waals surface area contributed by atoms with Crippen LogP contribution in [0.4, 0.5) is 11.4 Å². The van der Waals surface area contributed by atoms with Crippen LogP contribution < -0.4 is 19.1 Å². The van der Waals surface area contributed by atoms with Gasteiger partial charge in [0.25, 0.3) is 21.6 Å². The van der Waals surface area contributed by atoms with E-state index in [1.54, 1.807) is 30.5 Å². The Balaban J connectivity index is 0.931. The van der Waals surface area contributed by atoms with Gasteiger partial charge in [-0.05, 0) is 103 Å². The summed E-state index contributed by atoms with van der Waals surface area (Å²) in [5.41, 5.74) is 5.78. The van der Waals surface area contributed by atoms with Gasteiger partial charge in [-0.15, -0.1) is 0 Å². The van der Waals surface area contributed by atoms with Gasteiger partial charge in [-0.1, -0.05) is 50.1 Å². The monoisotopic (exact) mass is 907 g/mol. The summed E-state index contributed by atoms with van der Waals surface area (Å²) in [7, 11) is -4.61. The summed E-state index contributed by atoms with van der Waals surface area (Å²) in [5, 5.41) is 13.9. The molecule has 2 fully saturated rings. The molecular formula is C48H54ClN7O7S. The van der Waals surface area contributed by atoms with Gasteiger partial charge in [-0.3, -0.25) is 19.8 Å². The summed E-state index contributed by atoms with van der Waals surface area (Å²) in [6.45, 7) is 14.1. The van der Waals surface area contributed by atoms with Crippen molar-refractivity contribution >= 4 is 55.5 Å². The maximum Gasteiger partial charge on any atom is 0.277 e. The van der Waals surface area contributed by atoms with Gasteiger partial charge < -0.3 is 24.3 Å². The minimum absolute atomic E-state index is 0.0369. The average Bonchev–Trinajstić information content (AvgIpc) is 3.73. The van der Waals surface area contributed by atoms with Gasteiger partial charge in [0.2, 0.25) is 0 Å². The standard InChI is InChI=1S/C48H54ClN7O7S/c1-31-27-54(28-31)15-12-32-20-41-43(56(58)59)23-39(24-44(41)62-30-32)64(60,61)52-47(57)40-9-8-37(22-45(40)63-38-21-34-11-14-50-46(34)51-26-38)55-18-16-53(17-19-55)29-35-10-13-48(2,3)25-42(35)33-4-6-36(49)7-5-33/h4-9,11,14,21-24,26,31-32H,10,12-13,15-20,25,27-30H2,1-3H3,(H,50,51)(H,52,57)/t32-/m0/s1. The number of H-pyrrole nitrogens is 1. The van der Waals surface area contributed by atoms with Crippen molar-refractivity contribution in [3.05, 3.63) is 117 Å². The van der Waals surface area contributed by atoms with E-state index in [2.05, 4.69) is 62.3 Å². The van der Waals surface area contributed by atoms with E-state index >= 15 is 0 Å². The molecular weight excluding hydrogens is 854 g/mol. The molecule has 5 heterocycles. The second-order valence-corrected chi connectivity index (χ2v) is 20.8. The van der Waals surface area contributed by atoms with Crippen LogP contribution in [0.1, 0.15) is 67.9 Å². The molecule has 2 aromatic heterocycles. The lowest BCUT2D eigenvalue weighted by molar-refractivity contribution is -0.386. The van der Waals surface area contributed by atoms with Crippen LogP contribution in [0.25, 0.3) is 16.6 Å². The molecule has 16 heteroatoms. The number of fused-ring (bicyclic) bond motifs is 2. The number of hydrogen-bond acceptors (Lipinski definition) is 11. The summed E-state index contributed by atoms with van der Waals surface area (Å²) in [6.07, 6.45) is 7.71. The molecule has 4 aliphatic rings. The van der Waals surface area contributed by atoms with E-state index in [1.807, 2.05) is 18.2 Å². The SMILES string of the molecule is CC1CN(CC[C@@H]2COc3cc(S(=O)(=O)NC(=O)c4ccc(N5CCN(CC6=C(c7ccc(Cl)cc7)CC(C)(C)CC6)CC5)cc4Oc4cnc5[nH]ccc5c4)cc([N+](=O)[O-])c3C2)C1. The number of nitrogens with one attached hydrogen (secondary N) is 2. The van der Waals surface area contributed by atoms with Gasteiger partial charge in [0.1, 0.15) is 22.9 Å². The Bertz CT molecular complexity index is 2720. The summed E-state index contributed by atoms with van der Waals surface area (Å²) in [5.74, 6) is 0.398. The fraction of sp³-hybridized carbons (Fsp3) is 0.417. The van der Waals surface area contributed by atoms with Crippen LogP contribution in [-0.4, -0.2) is 98.0 Å². The normalized spacial score (nSPS) is 19.5. The molecule has 0 saturated carbocycles. The van der Waals surface area contributed by atoms with Crippen LogP contribution in [0.15, 0.2) is 89.6 Å². The molecule has 9 rings (SSSR count). The van der Waals surface area contributed by atoms with Crippen LogP contribution in [0.2, 0.25) is 5.02 Å². The molecule has 64 heavy (non-hydrogen) atoms. The van der Waals surface area contributed by atoms with E-state index in [0.29, 0.717) is 35.9 Å². The number of carbonyl (C=O) groups is 1. The van der Waals surface area contributed by atoms with Crippen LogP contribution in [0.5, 0.6) is 17.2 Å². The number of piperazine rings is 1. The minimum Gasteiger partial charge on any atom is -0.493 e. The molecule has 14 nitrogen and oxygen atoms in total. The number of rotatable bonds is 13. The first kappa shape index (κ1) is 43.8.